The first-order chi connectivity index (χ1) is 8.24. The van der Waals surface area contributed by atoms with Gasteiger partial charge in [0.15, 0.2) is 11.5 Å². The van der Waals surface area contributed by atoms with Crippen LogP contribution in [-0.2, 0) is 9.53 Å². The molecule has 0 aromatic heterocycles. The van der Waals surface area contributed by atoms with Crippen LogP contribution in [0.25, 0.3) is 0 Å². The van der Waals surface area contributed by atoms with E-state index in [1.54, 1.807) is 25.1 Å². The van der Waals surface area contributed by atoms with E-state index >= 15 is 0 Å². The summed E-state index contributed by atoms with van der Waals surface area (Å²) < 4.78 is 15.6. The Labute approximate surface area is 98.3 Å². The van der Waals surface area contributed by atoms with Crippen molar-refractivity contribution in [1.82, 2.24) is 0 Å². The van der Waals surface area contributed by atoms with Gasteiger partial charge in [0.25, 0.3) is 0 Å². The van der Waals surface area contributed by atoms with Crippen LogP contribution in [0.2, 0.25) is 0 Å². The SMILES string of the molecule is CCOC(=O)[C@@H]1COc2cc(C=O)ccc2O1. The van der Waals surface area contributed by atoms with Gasteiger partial charge in [-0.25, -0.2) is 4.79 Å². The number of rotatable bonds is 3. The van der Waals surface area contributed by atoms with Crippen molar-refractivity contribution in [3.8, 4) is 11.5 Å². The van der Waals surface area contributed by atoms with Gasteiger partial charge in [-0.1, -0.05) is 0 Å². The maximum absolute atomic E-state index is 11.4. The summed E-state index contributed by atoms with van der Waals surface area (Å²) >= 11 is 0. The number of hydrogen-bond acceptors (Lipinski definition) is 5. The summed E-state index contributed by atoms with van der Waals surface area (Å²) in [5, 5.41) is 0. The average Bonchev–Trinajstić information content (AvgIpc) is 2.37. The lowest BCUT2D eigenvalue weighted by molar-refractivity contribution is -0.153. The van der Waals surface area contributed by atoms with Crippen LogP contribution in [0.4, 0.5) is 0 Å². The maximum atomic E-state index is 11.4. The molecule has 1 aromatic rings. The molecule has 90 valence electrons. The van der Waals surface area contributed by atoms with Crippen molar-refractivity contribution in [2.75, 3.05) is 13.2 Å². The van der Waals surface area contributed by atoms with Crippen LogP contribution in [0.1, 0.15) is 17.3 Å². The largest absolute Gasteiger partial charge is 0.485 e. The average molecular weight is 236 g/mol. The van der Waals surface area contributed by atoms with Gasteiger partial charge in [-0.3, -0.25) is 4.79 Å². The second-order valence-electron chi connectivity index (χ2n) is 3.49. The van der Waals surface area contributed by atoms with E-state index in [2.05, 4.69) is 0 Å². The number of benzene rings is 1. The Bertz CT molecular complexity index is 441. The van der Waals surface area contributed by atoms with Crippen molar-refractivity contribution in [3.63, 3.8) is 0 Å². The Kier molecular flexibility index (Phi) is 3.27. The molecule has 1 aromatic carbocycles. The van der Waals surface area contributed by atoms with E-state index in [0.29, 0.717) is 23.7 Å². The molecule has 1 atom stereocenters. The van der Waals surface area contributed by atoms with Crippen LogP contribution >= 0.6 is 0 Å². The van der Waals surface area contributed by atoms with Crippen LogP contribution in [0.3, 0.4) is 0 Å². The van der Waals surface area contributed by atoms with Crippen LogP contribution in [-0.4, -0.2) is 31.6 Å². The van der Waals surface area contributed by atoms with Crippen molar-refractivity contribution >= 4 is 12.3 Å². The highest BCUT2D eigenvalue weighted by molar-refractivity contribution is 5.78. The van der Waals surface area contributed by atoms with E-state index in [0.717, 1.165) is 6.29 Å². The minimum absolute atomic E-state index is 0.0914. The van der Waals surface area contributed by atoms with E-state index < -0.39 is 12.1 Å². The van der Waals surface area contributed by atoms with Gasteiger partial charge >= 0.3 is 5.97 Å². The predicted molar refractivity (Wildman–Crippen MR) is 58.4 cm³/mol. The zero-order valence-electron chi connectivity index (χ0n) is 9.34. The predicted octanol–water partition coefficient (Wildman–Crippen LogP) is 1.20. The maximum Gasteiger partial charge on any atom is 0.350 e. The molecule has 1 aliphatic heterocycles. The standard InChI is InChI=1S/C12H12O5/c1-2-15-12(14)11-7-16-10-5-8(6-13)3-4-9(10)17-11/h3-6,11H,2,7H2,1H3/t11-/m0/s1. The topological polar surface area (TPSA) is 61.8 Å². The fraction of sp³-hybridized carbons (Fsp3) is 0.333. The summed E-state index contributed by atoms with van der Waals surface area (Å²) in [7, 11) is 0. The first-order valence-corrected chi connectivity index (χ1v) is 5.30. The van der Waals surface area contributed by atoms with Gasteiger partial charge < -0.3 is 14.2 Å². The van der Waals surface area contributed by atoms with Crippen LogP contribution in [0, 0.1) is 0 Å². The van der Waals surface area contributed by atoms with Gasteiger partial charge in [0.05, 0.1) is 6.61 Å². The summed E-state index contributed by atoms with van der Waals surface area (Å²) in [6.07, 6.45) is -0.0225. The van der Waals surface area contributed by atoms with Gasteiger partial charge in [-0.2, -0.15) is 0 Å². The number of esters is 1. The zero-order valence-corrected chi connectivity index (χ0v) is 9.34. The molecule has 0 fully saturated rings. The van der Waals surface area contributed by atoms with Crippen LogP contribution in [0.15, 0.2) is 18.2 Å². The third-order valence-corrected chi connectivity index (χ3v) is 2.31. The molecule has 0 radical (unpaired) electrons. The Morgan fingerprint density at radius 1 is 1.53 bits per heavy atom. The van der Waals surface area contributed by atoms with Crippen molar-refractivity contribution in [1.29, 1.82) is 0 Å². The van der Waals surface area contributed by atoms with Gasteiger partial charge in [0.1, 0.15) is 12.9 Å². The van der Waals surface area contributed by atoms with E-state index in [1.165, 1.54) is 0 Å². The van der Waals surface area contributed by atoms with Crippen molar-refractivity contribution in [2.24, 2.45) is 0 Å². The quantitative estimate of drug-likeness (QED) is 0.583. The molecular formula is C12H12O5. The van der Waals surface area contributed by atoms with Gasteiger partial charge in [0, 0.05) is 5.56 Å². The third kappa shape index (κ3) is 2.38. The van der Waals surface area contributed by atoms with Gasteiger partial charge in [-0.05, 0) is 25.1 Å². The molecule has 1 aliphatic rings. The molecule has 0 bridgehead atoms. The smallest absolute Gasteiger partial charge is 0.350 e. The van der Waals surface area contributed by atoms with Gasteiger partial charge in [0.2, 0.25) is 6.10 Å². The minimum Gasteiger partial charge on any atom is -0.485 e. The molecule has 5 heteroatoms. The summed E-state index contributed by atoms with van der Waals surface area (Å²) in [4.78, 5) is 22.0. The summed E-state index contributed by atoms with van der Waals surface area (Å²) in [6, 6.07) is 4.77. The first-order valence-electron chi connectivity index (χ1n) is 5.30. The van der Waals surface area contributed by atoms with Crippen LogP contribution in [0.5, 0.6) is 11.5 Å². The normalized spacial score (nSPS) is 17.4. The molecule has 17 heavy (non-hydrogen) atoms. The number of aldehydes is 1. The lowest BCUT2D eigenvalue weighted by atomic mass is 10.2. The van der Waals surface area contributed by atoms with Crippen LogP contribution < -0.4 is 9.47 Å². The van der Waals surface area contributed by atoms with E-state index in [4.69, 9.17) is 14.2 Å². The van der Waals surface area contributed by atoms with E-state index in [1.807, 2.05) is 0 Å². The zero-order chi connectivity index (χ0) is 12.3. The molecule has 2 rings (SSSR count). The lowest BCUT2D eigenvalue weighted by Crippen LogP contribution is -2.37. The van der Waals surface area contributed by atoms with Crippen molar-refractivity contribution in [2.45, 2.75) is 13.0 Å². The number of carbonyl (C=O) groups is 2. The number of hydrogen-bond donors (Lipinski definition) is 0. The fourth-order valence-electron chi connectivity index (χ4n) is 1.51. The minimum atomic E-state index is -0.746. The summed E-state index contributed by atoms with van der Waals surface area (Å²) in [6.45, 7) is 2.12. The lowest BCUT2D eigenvalue weighted by Gasteiger charge is -2.25. The van der Waals surface area contributed by atoms with Gasteiger partial charge in [-0.15, -0.1) is 0 Å². The molecule has 0 N–H and O–H groups in total. The fourth-order valence-corrected chi connectivity index (χ4v) is 1.51. The monoisotopic (exact) mass is 236 g/mol. The number of fused-ring (bicyclic) bond motifs is 1. The number of ether oxygens (including phenoxy) is 3. The molecule has 0 unspecified atom stereocenters. The first kappa shape index (κ1) is 11.4. The molecule has 0 saturated carbocycles. The third-order valence-electron chi connectivity index (χ3n) is 2.31. The van der Waals surface area contributed by atoms with Crippen molar-refractivity contribution in [3.05, 3.63) is 23.8 Å². The van der Waals surface area contributed by atoms with E-state index in [9.17, 15) is 9.59 Å². The molecule has 0 amide bonds. The van der Waals surface area contributed by atoms with E-state index in [-0.39, 0.29) is 6.61 Å². The highest BCUT2D eigenvalue weighted by Gasteiger charge is 2.28. The molecule has 0 aliphatic carbocycles. The molecule has 0 spiro atoms. The Morgan fingerprint density at radius 3 is 3.06 bits per heavy atom. The molecule has 1 heterocycles. The summed E-state index contributed by atoms with van der Waals surface area (Å²) in [5.41, 5.74) is 0.502. The second kappa shape index (κ2) is 4.86. The Hall–Kier alpha value is -2.04. The van der Waals surface area contributed by atoms with Crippen molar-refractivity contribution < 1.29 is 23.8 Å². The second-order valence-corrected chi connectivity index (χ2v) is 3.49. The Morgan fingerprint density at radius 2 is 2.35 bits per heavy atom. The molecular weight excluding hydrogens is 224 g/mol. The molecule has 0 saturated heterocycles. The highest BCUT2D eigenvalue weighted by Crippen LogP contribution is 2.32. The molecule has 5 nitrogen and oxygen atoms in total. The number of carbonyl (C=O) groups excluding carboxylic acids is 2. The highest BCUT2D eigenvalue weighted by atomic mass is 16.6. The Balaban J connectivity index is 2.14. The summed E-state index contributed by atoms with van der Waals surface area (Å²) in [5.74, 6) is 0.465.